The number of nitrogens with zero attached hydrogens (tertiary/aromatic N) is 5. The summed E-state index contributed by atoms with van der Waals surface area (Å²) in [6, 6.07) is 2.11. The third-order valence-electron chi connectivity index (χ3n) is 6.09. The van der Waals surface area contributed by atoms with Crippen LogP contribution in [0, 0.1) is 25.7 Å². The Morgan fingerprint density at radius 2 is 1.82 bits per heavy atom. The van der Waals surface area contributed by atoms with Crippen LogP contribution in [-0.4, -0.2) is 52.1 Å². The molecule has 150 valence electrons. The smallest absolute Gasteiger partial charge is 0.227 e. The molecule has 2 aromatic rings. The normalized spacial score (nSPS) is 22.0. The first-order chi connectivity index (χ1) is 13.2. The number of hydrogen-bond acceptors (Lipinski definition) is 6. The molecule has 2 aliphatic rings. The summed E-state index contributed by atoms with van der Waals surface area (Å²) in [5.74, 6) is 2.92. The lowest BCUT2D eigenvalue weighted by atomic mass is 9.92. The summed E-state index contributed by atoms with van der Waals surface area (Å²) in [6.07, 6.45) is 2.05. The highest BCUT2D eigenvalue weighted by atomic mass is 16.5. The Bertz CT molecular complexity index is 852. The molecule has 7 nitrogen and oxygen atoms in total. The fourth-order valence-electron chi connectivity index (χ4n) is 4.33. The summed E-state index contributed by atoms with van der Waals surface area (Å²) >= 11 is 0. The summed E-state index contributed by atoms with van der Waals surface area (Å²) in [6.45, 7) is 13.8. The Morgan fingerprint density at radius 1 is 1.14 bits per heavy atom. The number of aryl methyl sites for hydroxylation is 2. The molecule has 0 spiro atoms. The number of carbonyl (C=O) groups excluding carboxylic acids is 1. The van der Waals surface area contributed by atoms with Crippen LogP contribution in [0.1, 0.15) is 43.5 Å². The molecular formula is C21H29N5O2. The van der Waals surface area contributed by atoms with E-state index in [2.05, 4.69) is 46.9 Å². The van der Waals surface area contributed by atoms with E-state index >= 15 is 0 Å². The molecule has 28 heavy (non-hydrogen) atoms. The zero-order valence-electron chi connectivity index (χ0n) is 17.4. The molecule has 0 saturated carbocycles. The number of aromatic nitrogens is 3. The van der Waals surface area contributed by atoms with Gasteiger partial charge < -0.3 is 14.3 Å². The molecule has 2 fully saturated rings. The molecule has 1 amide bonds. The van der Waals surface area contributed by atoms with Crippen molar-refractivity contribution in [3.8, 4) is 0 Å². The molecule has 2 unspecified atom stereocenters. The predicted molar refractivity (Wildman–Crippen MR) is 106 cm³/mol. The molecule has 0 N–H and O–H groups in total. The zero-order valence-corrected chi connectivity index (χ0v) is 17.4. The van der Waals surface area contributed by atoms with E-state index in [0.717, 1.165) is 54.7 Å². The second kappa shape index (κ2) is 6.87. The first-order valence-electron chi connectivity index (χ1n) is 9.99. The van der Waals surface area contributed by atoms with Gasteiger partial charge in [0.15, 0.2) is 0 Å². The van der Waals surface area contributed by atoms with Crippen molar-refractivity contribution in [1.29, 1.82) is 0 Å². The molecule has 0 aliphatic carbocycles. The maximum Gasteiger partial charge on any atom is 0.227 e. The number of hydrogen-bond donors (Lipinski definition) is 0. The SMILES string of the molecule is Cc1noc(C)c1CC(=O)N1CC2CN(c3cc(C(C)(C)C)ncn3)CC2C1. The maximum absolute atomic E-state index is 12.8. The summed E-state index contributed by atoms with van der Waals surface area (Å²) in [5.41, 5.74) is 2.81. The quantitative estimate of drug-likeness (QED) is 0.811. The van der Waals surface area contributed by atoms with E-state index < -0.39 is 0 Å². The van der Waals surface area contributed by atoms with Gasteiger partial charge in [-0.05, 0) is 13.8 Å². The van der Waals surface area contributed by atoms with Crippen LogP contribution in [0.2, 0.25) is 0 Å². The number of amides is 1. The third kappa shape index (κ3) is 3.50. The molecule has 7 heteroatoms. The number of rotatable bonds is 3. The lowest BCUT2D eigenvalue weighted by molar-refractivity contribution is -0.129. The van der Waals surface area contributed by atoms with E-state index in [1.165, 1.54) is 0 Å². The molecule has 0 bridgehead atoms. The second-order valence-electron chi connectivity index (χ2n) is 9.21. The standard InChI is InChI=1S/C21H29N5O2/c1-13-17(14(2)28-24-13)6-20(27)26-10-15-8-25(9-16(15)11-26)19-7-18(21(3,4)5)22-12-23-19/h7,12,15-16H,6,8-11H2,1-5H3. The van der Waals surface area contributed by atoms with Gasteiger partial charge in [-0.2, -0.15) is 0 Å². The average Bonchev–Trinajstić information content (AvgIpc) is 3.30. The summed E-state index contributed by atoms with van der Waals surface area (Å²) < 4.78 is 5.19. The van der Waals surface area contributed by atoms with E-state index in [4.69, 9.17) is 4.52 Å². The van der Waals surface area contributed by atoms with Gasteiger partial charge in [-0.15, -0.1) is 0 Å². The Balaban J connectivity index is 1.39. The Hall–Kier alpha value is -2.44. The van der Waals surface area contributed by atoms with Gasteiger partial charge in [-0.1, -0.05) is 25.9 Å². The number of anilines is 1. The van der Waals surface area contributed by atoms with Crippen molar-refractivity contribution in [3.05, 3.63) is 35.1 Å². The molecule has 2 aliphatic heterocycles. The highest BCUT2D eigenvalue weighted by Crippen LogP contribution is 2.34. The first kappa shape index (κ1) is 18.9. The molecule has 2 aromatic heterocycles. The van der Waals surface area contributed by atoms with E-state index in [9.17, 15) is 4.79 Å². The predicted octanol–water partition coefficient (Wildman–Crippen LogP) is 2.52. The van der Waals surface area contributed by atoms with E-state index in [0.29, 0.717) is 18.3 Å². The van der Waals surface area contributed by atoms with Gasteiger partial charge in [0.05, 0.1) is 17.8 Å². The van der Waals surface area contributed by atoms with Gasteiger partial charge in [0.2, 0.25) is 5.91 Å². The van der Waals surface area contributed by atoms with Crippen LogP contribution >= 0.6 is 0 Å². The van der Waals surface area contributed by atoms with Gasteiger partial charge in [0, 0.05) is 55.1 Å². The van der Waals surface area contributed by atoms with Gasteiger partial charge in [0.25, 0.3) is 0 Å². The molecule has 4 rings (SSSR count). The molecule has 0 aromatic carbocycles. The summed E-state index contributed by atoms with van der Waals surface area (Å²) in [5, 5.41) is 3.96. The molecule has 0 radical (unpaired) electrons. The number of fused-ring (bicyclic) bond motifs is 1. The van der Waals surface area contributed by atoms with Crippen LogP contribution in [0.5, 0.6) is 0 Å². The van der Waals surface area contributed by atoms with Crippen molar-refractivity contribution >= 4 is 11.7 Å². The topological polar surface area (TPSA) is 75.4 Å². The largest absolute Gasteiger partial charge is 0.361 e. The lowest BCUT2D eigenvalue weighted by Gasteiger charge is -2.24. The maximum atomic E-state index is 12.8. The number of likely N-dealkylation sites (tertiary alicyclic amines) is 1. The van der Waals surface area contributed by atoms with E-state index in [1.807, 2.05) is 18.7 Å². The van der Waals surface area contributed by atoms with Crippen molar-refractivity contribution < 1.29 is 9.32 Å². The van der Waals surface area contributed by atoms with Crippen LogP contribution < -0.4 is 4.90 Å². The van der Waals surface area contributed by atoms with Gasteiger partial charge in [-0.25, -0.2) is 9.97 Å². The van der Waals surface area contributed by atoms with Crippen molar-refractivity contribution in [2.24, 2.45) is 11.8 Å². The number of carbonyl (C=O) groups is 1. The average molecular weight is 383 g/mol. The van der Waals surface area contributed by atoms with E-state index in [1.54, 1.807) is 6.33 Å². The molecule has 4 heterocycles. The fraction of sp³-hybridized carbons (Fsp3) is 0.619. The van der Waals surface area contributed by atoms with E-state index in [-0.39, 0.29) is 11.3 Å². The van der Waals surface area contributed by atoms with Crippen LogP contribution in [0.25, 0.3) is 0 Å². The minimum Gasteiger partial charge on any atom is -0.361 e. The Morgan fingerprint density at radius 3 is 2.39 bits per heavy atom. The lowest BCUT2D eigenvalue weighted by Crippen LogP contribution is -2.34. The fourth-order valence-corrected chi connectivity index (χ4v) is 4.33. The van der Waals surface area contributed by atoms with Crippen LogP contribution in [0.15, 0.2) is 16.9 Å². The minimum atomic E-state index is 0.00864. The highest BCUT2D eigenvalue weighted by Gasteiger charge is 2.42. The zero-order chi connectivity index (χ0) is 20.1. The molecule has 2 saturated heterocycles. The van der Waals surface area contributed by atoms with Gasteiger partial charge >= 0.3 is 0 Å². The third-order valence-corrected chi connectivity index (χ3v) is 6.09. The monoisotopic (exact) mass is 383 g/mol. The van der Waals surface area contributed by atoms with Gasteiger partial charge in [-0.3, -0.25) is 4.79 Å². The van der Waals surface area contributed by atoms with Crippen LogP contribution in [0.3, 0.4) is 0 Å². The second-order valence-corrected chi connectivity index (χ2v) is 9.21. The Kier molecular flexibility index (Phi) is 4.63. The highest BCUT2D eigenvalue weighted by molar-refractivity contribution is 5.79. The summed E-state index contributed by atoms with van der Waals surface area (Å²) in [7, 11) is 0. The first-order valence-corrected chi connectivity index (χ1v) is 9.99. The Labute approximate surface area is 166 Å². The van der Waals surface area contributed by atoms with Crippen molar-refractivity contribution in [2.75, 3.05) is 31.1 Å². The van der Waals surface area contributed by atoms with Crippen molar-refractivity contribution in [2.45, 2.75) is 46.5 Å². The molecular weight excluding hydrogens is 354 g/mol. The van der Waals surface area contributed by atoms with Crippen molar-refractivity contribution in [3.63, 3.8) is 0 Å². The minimum absolute atomic E-state index is 0.00864. The van der Waals surface area contributed by atoms with Gasteiger partial charge in [0.1, 0.15) is 17.9 Å². The molecule has 2 atom stereocenters. The summed E-state index contributed by atoms with van der Waals surface area (Å²) in [4.78, 5) is 26.1. The van der Waals surface area contributed by atoms with Crippen molar-refractivity contribution in [1.82, 2.24) is 20.0 Å². The van der Waals surface area contributed by atoms with Crippen LogP contribution in [0.4, 0.5) is 5.82 Å². The van der Waals surface area contributed by atoms with Crippen LogP contribution in [-0.2, 0) is 16.6 Å².